The van der Waals surface area contributed by atoms with E-state index in [9.17, 15) is 4.79 Å². The Morgan fingerprint density at radius 3 is 2.12 bits per heavy atom. The number of aliphatic hydroxyl groups excluding tert-OH is 1. The van der Waals surface area contributed by atoms with Gasteiger partial charge in [0, 0.05) is 30.1 Å². The smallest absolute Gasteiger partial charge is 0.303 e. The molecule has 4 heteroatoms. The van der Waals surface area contributed by atoms with E-state index in [2.05, 4.69) is 0 Å². The van der Waals surface area contributed by atoms with Crippen LogP contribution in [0.4, 0.5) is 0 Å². The van der Waals surface area contributed by atoms with E-state index in [0.29, 0.717) is 6.42 Å². The van der Waals surface area contributed by atoms with Crippen LogP contribution < -0.4 is 0 Å². The molecule has 3 nitrogen and oxygen atoms in total. The van der Waals surface area contributed by atoms with Crippen molar-refractivity contribution in [1.82, 2.24) is 0 Å². The van der Waals surface area contributed by atoms with Gasteiger partial charge < -0.3 is 10.2 Å². The van der Waals surface area contributed by atoms with E-state index in [1.807, 2.05) is 0 Å². The maximum atomic E-state index is 9.65. The Kier molecular flexibility index (Phi) is 9.42. The fourth-order valence-electron chi connectivity index (χ4n) is 0.230. The average molecular weight is 168 g/mol. The van der Waals surface area contributed by atoms with Crippen molar-refractivity contribution >= 4 is 5.97 Å². The molecule has 0 aliphatic rings. The van der Waals surface area contributed by atoms with Gasteiger partial charge in [-0.25, -0.2) is 0 Å². The fraction of sp³-hybridized carbons (Fsp3) is 0.750. The van der Waals surface area contributed by atoms with Crippen LogP contribution in [0.5, 0.6) is 0 Å². The average Bonchev–Trinajstić information content (AvgIpc) is 1.61. The van der Waals surface area contributed by atoms with Crippen molar-refractivity contribution in [3.05, 3.63) is 0 Å². The van der Waals surface area contributed by atoms with Gasteiger partial charge in [-0.3, -0.25) is 4.79 Å². The predicted molar refractivity (Wildman–Crippen MR) is 24.0 cm³/mol. The van der Waals surface area contributed by atoms with E-state index in [-0.39, 0.29) is 30.1 Å². The number of rotatable bonds is 3. The summed E-state index contributed by atoms with van der Waals surface area (Å²) >= 11 is 0. The topological polar surface area (TPSA) is 57.5 Å². The molecule has 0 aliphatic heterocycles. The first-order chi connectivity index (χ1) is 3.27. The Labute approximate surface area is 58.2 Å². The standard InChI is InChI=1S/C4H8O3.Cu/c5-3-1-2-4(6)7;/h5H,1-3H2,(H,6,7);. The zero-order chi connectivity index (χ0) is 5.70. The molecule has 8 heavy (non-hydrogen) atoms. The molecule has 0 rings (SSSR count). The predicted octanol–water partition coefficient (Wildman–Crippen LogP) is -0.159. The molecule has 0 aliphatic carbocycles. The van der Waals surface area contributed by atoms with Crippen molar-refractivity contribution < 1.29 is 32.1 Å². The number of aliphatic carboxylic acids is 1. The SMILES string of the molecule is O=C(O)CCCO.[Cu]. The van der Waals surface area contributed by atoms with Crippen LogP contribution in [0.25, 0.3) is 0 Å². The molecule has 0 amide bonds. The molecule has 0 aromatic heterocycles. The van der Waals surface area contributed by atoms with Gasteiger partial charge in [0.15, 0.2) is 0 Å². The Morgan fingerprint density at radius 2 is 2.00 bits per heavy atom. The molecule has 0 unspecified atom stereocenters. The van der Waals surface area contributed by atoms with Gasteiger partial charge in [-0.1, -0.05) is 0 Å². The van der Waals surface area contributed by atoms with E-state index in [0.717, 1.165) is 0 Å². The summed E-state index contributed by atoms with van der Waals surface area (Å²) in [7, 11) is 0. The minimum absolute atomic E-state index is 0. The summed E-state index contributed by atoms with van der Waals surface area (Å²) in [5.41, 5.74) is 0. The molecule has 53 valence electrons. The Balaban J connectivity index is 0. The van der Waals surface area contributed by atoms with Gasteiger partial charge in [-0.15, -0.1) is 0 Å². The van der Waals surface area contributed by atoms with Crippen LogP contribution in [-0.4, -0.2) is 22.8 Å². The third-order valence-electron chi connectivity index (χ3n) is 0.549. The van der Waals surface area contributed by atoms with Crippen molar-refractivity contribution in [2.45, 2.75) is 12.8 Å². The molecule has 0 atom stereocenters. The number of carbonyl (C=O) groups is 1. The quantitative estimate of drug-likeness (QED) is 0.575. The van der Waals surface area contributed by atoms with Crippen LogP contribution in [-0.2, 0) is 21.9 Å². The Hall–Kier alpha value is -0.0505. The first kappa shape index (κ1) is 10.8. The normalized spacial score (nSPS) is 7.62. The van der Waals surface area contributed by atoms with Crippen molar-refractivity contribution in [2.24, 2.45) is 0 Å². The van der Waals surface area contributed by atoms with Gasteiger partial charge in [-0.05, 0) is 6.42 Å². The summed E-state index contributed by atoms with van der Waals surface area (Å²) in [4.78, 5) is 9.65. The summed E-state index contributed by atoms with van der Waals surface area (Å²) in [6.45, 7) is -0.0354. The molecule has 2 N–H and O–H groups in total. The molecule has 0 fully saturated rings. The fourth-order valence-corrected chi connectivity index (χ4v) is 0.230. The molecule has 0 aromatic rings. The minimum Gasteiger partial charge on any atom is -0.481 e. The van der Waals surface area contributed by atoms with Crippen LogP contribution in [0.1, 0.15) is 12.8 Å². The van der Waals surface area contributed by atoms with Gasteiger partial charge in [0.25, 0.3) is 0 Å². The number of carboxylic acids is 1. The summed E-state index contributed by atoms with van der Waals surface area (Å²) in [5.74, 6) is -0.853. The summed E-state index contributed by atoms with van der Waals surface area (Å²) in [6, 6.07) is 0. The molecular formula is C4H8CuO3. The molecule has 0 aromatic carbocycles. The largest absolute Gasteiger partial charge is 0.481 e. The molecule has 0 spiro atoms. The first-order valence-corrected chi connectivity index (χ1v) is 2.10. The summed E-state index contributed by atoms with van der Waals surface area (Å²) in [5, 5.41) is 16.0. The Morgan fingerprint density at radius 1 is 1.50 bits per heavy atom. The second-order valence-corrected chi connectivity index (χ2v) is 1.22. The van der Waals surface area contributed by atoms with E-state index >= 15 is 0 Å². The van der Waals surface area contributed by atoms with Crippen LogP contribution >= 0.6 is 0 Å². The van der Waals surface area contributed by atoms with Crippen molar-refractivity contribution in [3.8, 4) is 0 Å². The van der Waals surface area contributed by atoms with Gasteiger partial charge in [0.1, 0.15) is 0 Å². The molecule has 0 bridgehead atoms. The summed E-state index contributed by atoms with van der Waals surface area (Å²) < 4.78 is 0. The number of aliphatic hydroxyl groups is 1. The maximum absolute atomic E-state index is 9.65. The van der Waals surface area contributed by atoms with Gasteiger partial charge >= 0.3 is 5.97 Å². The van der Waals surface area contributed by atoms with Crippen molar-refractivity contribution in [3.63, 3.8) is 0 Å². The maximum Gasteiger partial charge on any atom is 0.303 e. The molecule has 0 saturated heterocycles. The number of carboxylic acid groups (broad SMARTS) is 1. The number of hydrogen-bond acceptors (Lipinski definition) is 2. The first-order valence-electron chi connectivity index (χ1n) is 2.10. The van der Waals surface area contributed by atoms with E-state index < -0.39 is 5.97 Å². The van der Waals surface area contributed by atoms with Gasteiger partial charge in [0.2, 0.25) is 0 Å². The third kappa shape index (κ3) is 9.34. The monoisotopic (exact) mass is 167 g/mol. The third-order valence-corrected chi connectivity index (χ3v) is 0.549. The van der Waals surface area contributed by atoms with Gasteiger partial charge in [-0.2, -0.15) is 0 Å². The van der Waals surface area contributed by atoms with E-state index in [1.165, 1.54) is 0 Å². The van der Waals surface area contributed by atoms with Crippen molar-refractivity contribution in [2.75, 3.05) is 6.61 Å². The molecule has 0 saturated carbocycles. The number of hydrogen-bond donors (Lipinski definition) is 2. The second-order valence-electron chi connectivity index (χ2n) is 1.22. The van der Waals surface area contributed by atoms with E-state index in [1.54, 1.807) is 0 Å². The molecule has 0 heterocycles. The van der Waals surface area contributed by atoms with Crippen LogP contribution in [0.3, 0.4) is 0 Å². The van der Waals surface area contributed by atoms with Crippen LogP contribution in [0.2, 0.25) is 0 Å². The van der Waals surface area contributed by atoms with Gasteiger partial charge in [0.05, 0.1) is 0 Å². The minimum atomic E-state index is -0.853. The van der Waals surface area contributed by atoms with Crippen LogP contribution in [0.15, 0.2) is 0 Å². The molecular weight excluding hydrogens is 160 g/mol. The van der Waals surface area contributed by atoms with Crippen molar-refractivity contribution in [1.29, 1.82) is 0 Å². The van der Waals surface area contributed by atoms with Crippen LogP contribution in [0, 0.1) is 0 Å². The Bertz CT molecular complexity index is 64.3. The zero-order valence-corrected chi connectivity index (χ0v) is 5.17. The zero-order valence-electron chi connectivity index (χ0n) is 4.23. The van der Waals surface area contributed by atoms with E-state index in [4.69, 9.17) is 10.2 Å². The second kappa shape index (κ2) is 6.95. The molecule has 1 radical (unpaired) electrons. The summed E-state index contributed by atoms with van der Waals surface area (Å²) in [6.07, 6.45) is 0.422.